The van der Waals surface area contributed by atoms with Crippen molar-refractivity contribution in [3.63, 3.8) is 0 Å². The Bertz CT molecular complexity index is 571. The fraction of sp³-hybridized carbons (Fsp3) is 0.400. The van der Waals surface area contributed by atoms with Crippen molar-refractivity contribution in [3.8, 4) is 0 Å². The van der Waals surface area contributed by atoms with Gasteiger partial charge in [-0.05, 0) is 52.9 Å². The van der Waals surface area contributed by atoms with Gasteiger partial charge in [0.25, 0.3) is 0 Å². The summed E-state index contributed by atoms with van der Waals surface area (Å²) in [6.07, 6.45) is 9.54. The van der Waals surface area contributed by atoms with E-state index in [1.807, 2.05) is 18.6 Å². The van der Waals surface area contributed by atoms with E-state index in [2.05, 4.69) is 49.1 Å². The molecule has 2 aromatic rings. The van der Waals surface area contributed by atoms with E-state index in [1.54, 1.807) is 0 Å². The largest absolute Gasteiger partial charge is 0.333 e. The van der Waals surface area contributed by atoms with Crippen LogP contribution in [0.4, 0.5) is 0 Å². The van der Waals surface area contributed by atoms with Crippen LogP contribution in [-0.4, -0.2) is 15.6 Å². The molecule has 20 heavy (non-hydrogen) atoms. The number of halogens is 2. The predicted molar refractivity (Wildman–Crippen MR) is 84.9 cm³/mol. The highest BCUT2D eigenvalue weighted by atomic mass is 79.9. The molecule has 5 heteroatoms. The van der Waals surface area contributed by atoms with Gasteiger partial charge in [0.15, 0.2) is 0 Å². The molecule has 3 rings (SSSR count). The van der Waals surface area contributed by atoms with Crippen molar-refractivity contribution in [1.82, 2.24) is 14.9 Å². The normalized spacial score (nSPS) is 22.3. The van der Waals surface area contributed by atoms with E-state index in [0.717, 1.165) is 16.0 Å². The van der Waals surface area contributed by atoms with Gasteiger partial charge in [-0.3, -0.25) is 0 Å². The molecule has 3 nitrogen and oxygen atoms in total. The lowest BCUT2D eigenvalue weighted by molar-refractivity contribution is 0.390. The Kier molecular flexibility index (Phi) is 4.44. The number of imidazole rings is 1. The van der Waals surface area contributed by atoms with Crippen molar-refractivity contribution in [2.75, 3.05) is 0 Å². The summed E-state index contributed by atoms with van der Waals surface area (Å²) in [5.41, 5.74) is 1.25. The van der Waals surface area contributed by atoms with Gasteiger partial charge in [0, 0.05) is 35.5 Å². The smallest absolute Gasteiger partial charge is 0.0949 e. The maximum Gasteiger partial charge on any atom is 0.0949 e. The van der Waals surface area contributed by atoms with Gasteiger partial charge in [-0.1, -0.05) is 17.7 Å². The van der Waals surface area contributed by atoms with Crippen molar-refractivity contribution < 1.29 is 0 Å². The summed E-state index contributed by atoms with van der Waals surface area (Å²) in [7, 11) is 0. The van der Waals surface area contributed by atoms with Gasteiger partial charge in [-0.15, -0.1) is 0 Å². The zero-order chi connectivity index (χ0) is 13.9. The van der Waals surface area contributed by atoms with Crippen LogP contribution in [0.2, 0.25) is 5.02 Å². The Morgan fingerprint density at radius 2 is 2.30 bits per heavy atom. The van der Waals surface area contributed by atoms with Crippen LogP contribution in [-0.2, 0) is 6.54 Å². The Morgan fingerprint density at radius 1 is 1.40 bits per heavy atom. The van der Waals surface area contributed by atoms with Crippen LogP contribution in [0.15, 0.2) is 41.4 Å². The molecular weight excluding hydrogens is 338 g/mol. The molecule has 0 saturated heterocycles. The van der Waals surface area contributed by atoms with Crippen LogP contribution in [0.3, 0.4) is 0 Å². The molecule has 0 amide bonds. The first-order valence-corrected chi connectivity index (χ1v) is 8.06. The first-order valence-electron chi connectivity index (χ1n) is 6.89. The summed E-state index contributed by atoms with van der Waals surface area (Å²) in [5.74, 6) is 0. The molecule has 2 atom stereocenters. The molecule has 1 aromatic carbocycles. The maximum atomic E-state index is 6.02. The molecule has 0 aliphatic heterocycles. The zero-order valence-electron chi connectivity index (χ0n) is 11.1. The highest BCUT2D eigenvalue weighted by Gasteiger charge is 2.27. The van der Waals surface area contributed by atoms with Gasteiger partial charge >= 0.3 is 0 Å². The van der Waals surface area contributed by atoms with Gasteiger partial charge in [0.05, 0.1) is 11.3 Å². The van der Waals surface area contributed by atoms with Crippen LogP contribution >= 0.6 is 27.5 Å². The predicted octanol–water partition coefficient (Wildman–Crippen LogP) is 4.18. The van der Waals surface area contributed by atoms with E-state index < -0.39 is 0 Å². The van der Waals surface area contributed by atoms with E-state index in [1.165, 1.54) is 24.8 Å². The number of nitrogens with zero attached hydrogens (tertiary/aromatic N) is 2. The number of benzene rings is 1. The Balaban J connectivity index is 1.64. The van der Waals surface area contributed by atoms with Crippen LogP contribution in [0.1, 0.15) is 30.9 Å². The first kappa shape index (κ1) is 14.1. The number of aromatic nitrogens is 2. The third-order valence-corrected chi connectivity index (χ3v) is 5.15. The monoisotopic (exact) mass is 353 g/mol. The fourth-order valence-corrected chi connectivity index (χ4v) is 3.44. The molecule has 0 spiro atoms. The molecule has 1 N–H and O–H groups in total. The summed E-state index contributed by atoms with van der Waals surface area (Å²) in [4.78, 5) is 4.16. The highest BCUT2D eigenvalue weighted by molar-refractivity contribution is 9.10. The van der Waals surface area contributed by atoms with Crippen LogP contribution in [0.5, 0.6) is 0 Å². The van der Waals surface area contributed by atoms with E-state index in [-0.39, 0.29) is 0 Å². The lowest BCUT2D eigenvalue weighted by Crippen LogP contribution is -2.33. The molecule has 0 radical (unpaired) electrons. The first-order chi connectivity index (χ1) is 9.74. The van der Waals surface area contributed by atoms with Gasteiger partial charge < -0.3 is 9.88 Å². The van der Waals surface area contributed by atoms with Gasteiger partial charge in [-0.2, -0.15) is 0 Å². The number of hydrogen-bond acceptors (Lipinski definition) is 2. The lowest BCUT2D eigenvalue weighted by atomic mass is 10.1. The quantitative estimate of drug-likeness (QED) is 0.892. The molecule has 106 valence electrons. The Labute approximate surface area is 132 Å². The summed E-state index contributed by atoms with van der Waals surface area (Å²) < 4.78 is 3.18. The summed E-state index contributed by atoms with van der Waals surface area (Å²) in [6, 6.07) is 7.12. The highest BCUT2D eigenvalue weighted by Crippen LogP contribution is 2.30. The van der Waals surface area contributed by atoms with E-state index in [9.17, 15) is 0 Å². The second kappa shape index (κ2) is 6.29. The Hall–Kier alpha value is -0.840. The maximum absolute atomic E-state index is 6.02. The van der Waals surface area contributed by atoms with Crippen molar-refractivity contribution in [2.24, 2.45) is 0 Å². The summed E-state index contributed by atoms with van der Waals surface area (Å²) >= 11 is 9.49. The molecular formula is C15H17BrClN3. The molecule has 1 aromatic heterocycles. The summed E-state index contributed by atoms with van der Waals surface area (Å²) in [5, 5.41) is 4.43. The van der Waals surface area contributed by atoms with E-state index in [4.69, 9.17) is 11.6 Å². The number of hydrogen-bond donors (Lipinski definition) is 1. The van der Waals surface area contributed by atoms with Crippen LogP contribution < -0.4 is 5.32 Å². The number of nitrogens with one attached hydrogen (secondary N) is 1. The SMILES string of the molecule is Clc1ccc(CNC2CCCC2n2ccnc2)cc1Br. The average Bonchev–Trinajstić information content (AvgIpc) is 3.09. The van der Waals surface area contributed by atoms with Crippen molar-refractivity contribution in [1.29, 1.82) is 0 Å². The minimum Gasteiger partial charge on any atom is -0.333 e. The topological polar surface area (TPSA) is 29.9 Å². The molecule has 1 saturated carbocycles. The van der Waals surface area contributed by atoms with Crippen molar-refractivity contribution >= 4 is 27.5 Å². The number of rotatable bonds is 4. The van der Waals surface area contributed by atoms with Crippen LogP contribution in [0, 0.1) is 0 Å². The Morgan fingerprint density at radius 3 is 3.05 bits per heavy atom. The molecule has 2 unspecified atom stereocenters. The minimum absolute atomic E-state index is 0.513. The zero-order valence-corrected chi connectivity index (χ0v) is 13.4. The van der Waals surface area contributed by atoms with E-state index in [0.29, 0.717) is 12.1 Å². The fourth-order valence-electron chi connectivity index (χ4n) is 2.90. The molecule has 1 aliphatic carbocycles. The average molecular weight is 355 g/mol. The minimum atomic E-state index is 0.513. The van der Waals surface area contributed by atoms with Crippen molar-refractivity contribution in [2.45, 2.75) is 37.9 Å². The molecule has 1 aliphatic rings. The van der Waals surface area contributed by atoms with E-state index >= 15 is 0 Å². The molecule has 1 fully saturated rings. The standard InChI is InChI=1S/C15H17BrClN3/c16-12-8-11(4-5-13(12)17)9-19-14-2-1-3-15(14)20-7-6-18-10-20/h4-8,10,14-15,19H,1-3,9H2. The van der Waals surface area contributed by atoms with Crippen LogP contribution in [0.25, 0.3) is 0 Å². The second-order valence-electron chi connectivity index (χ2n) is 5.24. The second-order valence-corrected chi connectivity index (χ2v) is 6.51. The van der Waals surface area contributed by atoms with Gasteiger partial charge in [-0.25, -0.2) is 4.98 Å². The lowest BCUT2D eigenvalue weighted by Gasteiger charge is -2.22. The van der Waals surface area contributed by atoms with Crippen molar-refractivity contribution in [3.05, 3.63) is 52.0 Å². The molecule has 1 heterocycles. The third-order valence-electron chi connectivity index (χ3n) is 3.94. The summed E-state index contributed by atoms with van der Waals surface area (Å²) in [6.45, 7) is 0.867. The third kappa shape index (κ3) is 3.08. The van der Waals surface area contributed by atoms with Gasteiger partial charge in [0.2, 0.25) is 0 Å². The molecule has 0 bridgehead atoms. The van der Waals surface area contributed by atoms with Gasteiger partial charge in [0.1, 0.15) is 0 Å².